The Morgan fingerprint density at radius 3 is 2.92 bits per heavy atom. The molecule has 1 aromatic carbocycles. The maximum absolute atomic E-state index is 2.39. The Kier molecular flexibility index (Phi) is 2.09. The standard InChI is InChI=1S/C10H10IN/c1-12-5-4-9-3-2-8(7-11)6-10(9)12/h2-6H,7H2,1H3. The normalized spacial score (nSPS) is 10.8. The summed E-state index contributed by atoms with van der Waals surface area (Å²) in [4.78, 5) is 0. The largest absolute Gasteiger partial charge is 0.351 e. The summed E-state index contributed by atoms with van der Waals surface area (Å²) in [6.07, 6.45) is 2.10. The van der Waals surface area contributed by atoms with Crippen molar-refractivity contribution in [2.24, 2.45) is 7.05 Å². The third-order valence-corrected chi connectivity index (χ3v) is 2.99. The van der Waals surface area contributed by atoms with E-state index in [0.29, 0.717) is 0 Å². The van der Waals surface area contributed by atoms with Gasteiger partial charge in [0.1, 0.15) is 0 Å². The molecule has 0 amide bonds. The molecule has 1 heterocycles. The summed E-state index contributed by atoms with van der Waals surface area (Å²) in [5.74, 6) is 0. The maximum Gasteiger partial charge on any atom is 0.0480 e. The van der Waals surface area contributed by atoms with Crippen LogP contribution in [0.3, 0.4) is 0 Å². The van der Waals surface area contributed by atoms with E-state index in [2.05, 4.69) is 64.7 Å². The number of hydrogen-bond donors (Lipinski definition) is 0. The molecule has 0 unspecified atom stereocenters. The highest BCUT2D eigenvalue weighted by molar-refractivity contribution is 14.1. The average molecular weight is 271 g/mol. The molecule has 2 heteroatoms. The highest BCUT2D eigenvalue weighted by Crippen LogP contribution is 2.17. The van der Waals surface area contributed by atoms with Gasteiger partial charge in [0.15, 0.2) is 0 Å². The molecule has 12 heavy (non-hydrogen) atoms. The van der Waals surface area contributed by atoms with Crippen molar-refractivity contribution in [3.8, 4) is 0 Å². The summed E-state index contributed by atoms with van der Waals surface area (Å²) in [5, 5.41) is 1.33. The minimum absolute atomic E-state index is 1.08. The monoisotopic (exact) mass is 271 g/mol. The Labute approximate surface area is 85.5 Å². The number of aromatic nitrogens is 1. The molecule has 2 rings (SSSR count). The highest BCUT2D eigenvalue weighted by Gasteiger charge is 1.97. The first-order chi connectivity index (χ1) is 5.81. The van der Waals surface area contributed by atoms with Crippen LogP contribution in [0.2, 0.25) is 0 Å². The van der Waals surface area contributed by atoms with Crippen LogP contribution in [0, 0.1) is 0 Å². The Balaban J connectivity index is 2.71. The third kappa shape index (κ3) is 1.24. The lowest BCUT2D eigenvalue weighted by atomic mass is 10.2. The van der Waals surface area contributed by atoms with Gasteiger partial charge < -0.3 is 4.57 Å². The number of benzene rings is 1. The van der Waals surface area contributed by atoms with Crippen LogP contribution in [0.5, 0.6) is 0 Å². The van der Waals surface area contributed by atoms with Gasteiger partial charge in [-0.2, -0.15) is 0 Å². The molecule has 0 bridgehead atoms. The predicted molar refractivity (Wildman–Crippen MR) is 60.6 cm³/mol. The molecule has 0 atom stereocenters. The van der Waals surface area contributed by atoms with Crippen molar-refractivity contribution in [1.29, 1.82) is 0 Å². The minimum atomic E-state index is 1.08. The SMILES string of the molecule is Cn1ccc2ccc(CI)cc21. The van der Waals surface area contributed by atoms with E-state index in [1.807, 2.05) is 0 Å². The highest BCUT2D eigenvalue weighted by atomic mass is 127. The smallest absolute Gasteiger partial charge is 0.0480 e. The average Bonchev–Trinajstić information content (AvgIpc) is 2.47. The van der Waals surface area contributed by atoms with E-state index in [-0.39, 0.29) is 0 Å². The van der Waals surface area contributed by atoms with Crippen molar-refractivity contribution in [2.75, 3.05) is 0 Å². The Bertz CT molecular complexity index is 403. The molecule has 62 valence electrons. The number of aryl methyl sites for hydroxylation is 1. The Hall–Kier alpha value is -0.510. The van der Waals surface area contributed by atoms with Crippen molar-refractivity contribution in [1.82, 2.24) is 4.57 Å². The fraction of sp³-hybridized carbons (Fsp3) is 0.200. The summed E-state index contributed by atoms with van der Waals surface area (Å²) >= 11 is 2.39. The first kappa shape index (κ1) is 8.10. The molecule has 0 N–H and O–H groups in total. The Morgan fingerprint density at radius 2 is 2.17 bits per heavy atom. The zero-order valence-corrected chi connectivity index (χ0v) is 9.08. The van der Waals surface area contributed by atoms with Gasteiger partial charge in [0.05, 0.1) is 0 Å². The van der Waals surface area contributed by atoms with Crippen LogP contribution in [0.25, 0.3) is 10.9 Å². The number of fused-ring (bicyclic) bond motifs is 1. The lowest BCUT2D eigenvalue weighted by Gasteiger charge is -1.98. The summed E-state index contributed by atoms with van der Waals surface area (Å²) in [6.45, 7) is 0. The van der Waals surface area contributed by atoms with Crippen LogP contribution in [-0.2, 0) is 11.5 Å². The van der Waals surface area contributed by atoms with Gasteiger partial charge in [0.2, 0.25) is 0 Å². The second kappa shape index (κ2) is 3.09. The second-order valence-electron chi connectivity index (χ2n) is 2.95. The molecular formula is C10H10IN. The minimum Gasteiger partial charge on any atom is -0.351 e. The zero-order valence-electron chi connectivity index (χ0n) is 6.92. The van der Waals surface area contributed by atoms with Crippen LogP contribution in [0.1, 0.15) is 5.56 Å². The topological polar surface area (TPSA) is 4.93 Å². The summed E-state index contributed by atoms with van der Waals surface area (Å²) < 4.78 is 3.24. The number of rotatable bonds is 1. The molecule has 0 saturated heterocycles. The van der Waals surface area contributed by atoms with Crippen molar-refractivity contribution in [3.05, 3.63) is 36.0 Å². The van der Waals surface area contributed by atoms with Gasteiger partial charge in [0.25, 0.3) is 0 Å². The molecule has 0 aliphatic heterocycles. The van der Waals surface area contributed by atoms with Crippen molar-refractivity contribution in [2.45, 2.75) is 4.43 Å². The Morgan fingerprint density at radius 1 is 1.33 bits per heavy atom. The first-order valence-electron chi connectivity index (χ1n) is 3.91. The number of alkyl halides is 1. The number of hydrogen-bond acceptors (Lipinski definition) is 0. The molecular weight excluding hydrogens is 261 g/mol. The van der Waals surface area contributed by atoms with E-state index in [9.17, 15) is 0 Å². The van der Waals surface area contributed by atoms with Gasteiger partial charge in [0, 0.05) is 23.2 Å². The van der Waals surface area contributed by atoms with Crippen molar-refractivity contribution >= 4 is 33.5 Å². The van der Waals surface area contributed by atoms with Gasteiger partial charge in [-0.1, -0.05) is 34.7 Å². The lowest BCUT2D eigenvalue weighted by Crippen LogP contribution is -1.84. The van der Waals surface area contributed by atoms with E-state index in [4.69, 9.17) is 0 Å². The van der Waals surface area contributed by atoms with Crippen molar-refractivity contribution < 1.29 is 0 Å². The van der Waals surface area contributed by atoms with Crippen LogP contribution in [-0.4, -0.2) is 4.57 Å². The number of nitrogens with zero attached hydrogens (tertiary/aromatic N) is 1. The zero-order chi connectivity index (χ0) is 8.55. The van der Waals surface area contributed by atoms with E-state index in [1.54, 1.807) is 0 Å². The van der Waals surface area contributed by atoms with Crippen LogP contribution >= 0.6 is 22.6 Å². The molecule has 0 radical (unpaired) electrons. The lowest BCUT2D eigenvalue weighted by molar-refractivity contribution is 0.968. The molecule has 0 spiro atoms. The molecule has 0 saturated carbocycles. The molecule has 0 aliphatic rings. The second-order valence-corrected chi connectivity index (χ2v) is 3.72. The van der Waals surface area contributed by atoms with E-state index in [0.717, 1.165) is 4.43 Å². The molecule has 2 aromatic rings. The predicted octanol–water partition coefficient (Wildman–Crippen LogP) is 3.11. The van der Waals surface area contributed by atoms with E-state index < -0.39 is 0 Å². The summed E-state index contributed by atoms with van der Waals surface area (Å²) in [6, 6.07) is 8.77. The van der Waals surface area contributed by atoms with Gasteiger partial charge in [-0.3, -0.25) is 0 Å². The van der Waals surface area contributed by atoms with Gasteiger partial charge >= 0.3 is 0 Å². The maximum atomic E-state index is 2.39. The van der Waals surface area contributed by atoms with Crippen LogP contribution in [0.4, 0.5) is 0 Å². The quantitative estimate of drug-likeness (QED) is 0.554. The first-order valence-corrected chi connectivity index (χ1v) is 5.44. The molecule has 0 aliphatic carbocycles. The number of halogens is 1. The van der Waals surface area contributed by atoms with E-state index >= 15 is 0 Å². The van der Waals surface area contributed by atoms with Crippen LogP contribution < -0.4 is 0 Å². The van der Waals surface area contributed by atoms with Crippen LogP contribution in [0.15, 0.2) is 30.5 Å². The molecule has 1 aromatic heterocycles. The summed E-state index contributed by atoms with van der Waals surface area (Å²) in [5.41, 5.74) is 2.72. The molecule has 0 fully saturated rings. The fourth-order valence-corrected chi connectivity index (χ4v) is 1.87. The van der Waals surface area contributed by atoms with Crippen molar-refractivity contribution in [3.63, 3.8) is 0 Å². The van der Waals surface area contributed by atoms with E-state index in [1.165, 1.54) is 16.5 Å². The molecule has 1 nitrogen and oxygen atoms in total. The fourth-order valence-electron chi connectivity index (χ4n) is 1.39. The van der Waals surface area contributed by atoms with Gasteiger partial charge in [-0.05, 0) is 23.1 Å². The summed E-state index contributed by atoms with van der Waals surface area (Å²) in [7, 11) is 2.08. The van der Waals surface area contributed by atoms with Gasteiger partial charge in [-0.15, -0.1) is 0 Å². The van der Waals surface area contributed by atoms with Gasteiger partial charge in [-0.25, -0.2) is 0 Å². The third-order valence-electron chi connectivity index (χ3n) is 2.11.